The van der Waals surface area contributed by atoms with Gasteiger partial charge in [0.25, 0.3) is 5.56 Å². The van der Waals surface area contributed by atoms with Gasteiger partial charge in [-0.2, -0.15) is 0 Å². The molecule has 0 radical (unpaired) electrons. The Balaban J connectivity index is 1.52. The van der Waals surface area contributed by atoms with E-state index in [4.69, 9.17) is 10.5 Å². The molecule has 0 atom stereocenters. The van der Waals surface area contributed by atoms with E-state index in [1.54, 1.807) is 13.3 Å². The third-order valence-corrected chi connectivity index (χ3v) is 6.78. The molecule has 1 aliphatic carbocycles. The first kappa shape index (κ1) is 22.7. The minimum absolute atomic E-state index is 0.0728. The first-order valence-corrected chi connectivity index (χ1v) is 12.0. The number of benzene rings is 2. The van der Waals surface area contributed by atoms with E-state index < -0.39 is 17.0 Å². The third-order valence-electron chi connectivity index (χ3n) is 5.83. The number of methoxy groups -OCH3 is 1. The molecule has 1 saturated carbocycles. The van der Waals surface area contributed by atoms with Crippen LogP contribution in [0.4, 0.5) is 5.82 Å². The Morgan fingerprint density at radius 1 is 1.14 bits per heavy atom. The van der Waals surface area contributed by atoms with Gasteiger partial charge in [-0.3, -0.25) is 23.7 Å². The zero-order valence-corrected chi connectivity index (χ0v) is 19.7. The zero-order valence-electron chi connectivity index (χ0n) is 18.9. The first-order valence-electron chi connectivity index (χ1n) is 11.1. The van der Waals surface area contributed by atoms with Crippen LogP contribution in [-0.4, -0.2) is 37.7 Å². The number of carbonyl (C=O) groups excluding carboxylic acids is 1. The molecular formula is C25H23N5O4S. The average molecular weight is 490 g/mol. The molecule has 178 valence electrons. The van der Waals surface area contributed by atoms with E-state index in [2.05, 4.69) is 9.97 Å². The number of hydrogen-bond donors (Lipinski definition) is 2. The van der Waals surface area contributed by atoms with Crippen molar-refractivity contribution in [2.24, 2.45) is 0 Å². The number of nitrogens with zero attached hydrogens (tertiary/aromatic N) is 3. The van der Waals surface area contributed by atoms with Gasteiger partial charge in [-0.1, -0.05) is 54.2 Å². The van der Waals surface area contributed by atoms with Gasteiger partial charge in [-0.25, -0.2) is 9.78 Å². The maximum absolute atomic E-state index is 13.1. The Morgan fingerprint density at radius 2 is 1.86 bits per heavy atom. The Kier molecular flexibility index (Phi) is 6.04. The van der Waals surface area contributed by atoms with Gasteiger partial charge in [0, 0.05) is 11.6 Å². The summed E-state index contributed by atoms with van der Waals surface area (Å²) < 4.78 is 8.80. The summed E-state index contributed by atoms with van der Waals surface area (Å²) in [7, 11) is 1.60. The highest BCUT2D eigenvalue weighted by Crippen LogP contribution is 2.36. The second-order valence-electron chi connectivity index (χ2n) is 8.13. The van der Waals surface area contributed by atoms with Crippen LogP contribution in [0.5, 0.6) is 5.75 Å². The van der Waals surface area contributed by atoms with E-state index in [1.807, 2.05) is 59.2 Å². The molecule has 2 aromatic heterocycles. The summed E-state index contributed by atoms with van der Waals surface area (Å²) >= 11 is 1.18. The highest BCUT2D eigenvalue weighted by Gasteiger charge is 2.30. The van der Waals surface area contributed by atoms with Crippen molar-refractivity contribution in [2.75, 3.05) is 18.6 Å². The fourth-order valence-electron chi connectivity index (χ4n) is 4.03. The maximum Gasteiger partial charge on any atom is 0.330 e. The monoisotopic (exact) mass is 489 g/mol. The van der Waals surface area contributed by atoms with Crippen LogP contribution in [0.15, 0.2) is 75.5 Å². The van der Waals surface area contributed by atoms with Crippen molar-refractivity contribution >= 4 is 23.4 Å². The minimum Gasteiger partial charge on any atom is -0.495 e. The Bertz CT molecular complexity index is 1520. The van der Waals surface area contributed by atoms with Crippen LogP contribution in [0.2, 0.25) is 0 Å². The summed E-state index contributed by atoms with van der Waals surface area (Å²) in [4.78, 5) is 44.6. The molecule has 1 fully saturated rings. The number of rotatable bonds is 8. The number of aromatic nitrogens is 4. The molecule has 0 spiro atoms. The second-order valence-corrected chi connectivity index (χ2v) is 9.07. The Labute approximate surface area is 204 Å². The van der Waals surface area contributed by atoms with Gasteiger partial charge in [-0.15, -0.1) is 0 Å². The molecule has 0 bridgehead atoms. The lowest BCUT2D eigenvalue weighted by molar-refractivity contribution is 0.102. The summed E-state index contributed by atoms with van der Waals surface area (Å²) in [5, 5.41) is 0.548. The average Bonchev–Trinajstić information content (AvgIpc) is 3.60. The van der Waals surface area contributed by atoms with Crippen molar-refractivity contribution in [1.82, 2.24) is 19.1 Å². The van der Waals surface area contributed by atoms with Crippen molar-refractivity contribution in [3.63, 3.8) is 0 Å². The summed E-state index contributed by atoms with van der Waals surface area (Å²) in [5.41, 5.74) is 7.10. The van der Waals surface area contributed by atoms with E-state index in [9.17, 15) is 14.4 Å². The number of nitrogens with one attached hydrogen (secondary N) is 1. The van der Waals surface area contributed by atoms with Crippen LogP contribution < -0.4 is 21.7 Å². The number of hydrogen-bond acceptors (Lipinski definition) is 7. The van der Waals surface area contributed by atoms with Gasteiger partial charge in [0.2, 0.25) is 0 Å². The fraction of sp³-hybridized carbons (Fsp3) is 0.200. The number of nitrogens with two attached hydrogens (primary N) is 1. The van der Waals surface area contributed by atoms with Crippen LogP contribution in [0.1, 0.15) is 29.2 Å². The Hall–Kier alpha value is -4.05. The number of nitrogen functional groups attached to an aromatic ring is 1. The molecule has 0 aliphatic heterocycles. The molecule has 0 amide bonds. The quantitative estimate of drug-likeness (QED) is 0.287. The number of ether oxygens (including phenoxy) is 1. The van der Waals surface area contributed by atoms with Crippen molar-refractivity contribution in [1.29, 1.82) is 0 Å². The zero-order chi connectivity index (χ0) is 24.5. The van der Waals surface area contributed by atoms with Crippen LogP contribution >= 0.6 is 11.8 Å². The molecule has 0 saturated heterocycles. The molecular weight excluding hydrogens is 466 g/mol. The third kappa shape index (κ3) is 4.28. The number of imidazole rings is 1. The molecule has 1 aliphatic rings. The number of carbonyl (C=O) groups is 1. The van der Waals surface area contributed by atoms with Crippen molar-refractivity contribution in [3.05, 3.63) is 87.2 Å². The summed E-state index contributed by atoms with van der Waals surface area (Å²) in [6, 6.07) is 17.2. The van der Waals surface area contributed by atoms with Gasteiger partial charge in [0.1, 0.15) is 17.1 Å². The van der Waals surface area contributed by atoms with Gasteiger partial charge in [0.05, 0.1) is 30.4 Å². The fourth-order valence-corrected chi connectivity index (χ4v) is 4.89. The lowest BCUT2D eigenvalue weighted by Gasteiger charge is -2.15. The summed E-state index contributed by atoms with van der Waals surface area (Å²) in [5.74, 6) is 0.00762. The second kappa shape index (κ2) is 9.30. The molecule has 5 rings (SSSR count). The molecule has 2 heterocycles. The number of aromatic amines is 1. The van der Waals surface area contributed by atoms with Crippen molar-refractivity contribution in [2.45, 2.75) is 24.0 Å². The number of para-hydroxylation sites is 2. The standard InChI is InChI=1S/C25H23N5O4S/c1-34-20-10-6-5-9-17(20)30-18(15-7-3-2-4-8-15)13-27-25(30)35-14-19(31)21-22(26)29(16-11-12-16)24(33)28-23(21)32/h2-10,13,16H,11-12,14,26H2,1H3,(H,28,32,33). The number of Topliss-reactive ketones (excluding diaryl/α,β-unsaturated/α-hetero) is 1. The SMILES string of the molecule is COc1ccccc1-n1c(-c2ccccc2)cnc1SCC(=O)c1c(N)n(C2CC2)c(=O)[nH]c1=O. The van der Waals surface area contributed by atoms with Crippen LogP contribution in [-0.2, 0) is 0 Å². The number of thioether (sulfide) groups is 1. The normalized spacial score (nSPS) is 13.1. The van der Waals surface area contributed by atoms with E-state index in [0.717, 1.165) is 29.8 Å². The van der Waals surface area contributed by atoms with Crippen molar-refractivity contribution < 1.29 is 9.53 Å². The van der Waals surface area contributed by atoms with E-state index >= 15 is 0 Å². The smallest absolute Gasteiger partial charge is 0.330 e. The molecule has 2 aromatic carbocycles. The predicted octanol–water partition coefficient (Wildman–Crippen LogP) is 3.29. The van der Waals surface area contributed by atoms with Crippen LogP contribution in [0.3, 0.4) is 0 Å². The van der Waals surface area contributed by atoms with Crippen LogP contribution in [0, 0.1) is 0 Å². The summed E-state index contributed by atoms with van der Waals surface area (Å²) in [6.07, 6.45) is 3.32. The lowest BCUT2D eigenvalue weighted by Crippen LogP contribution is -2.36. The van der Waals surface area contributed by atoms with Gasteiger partial charge < -0.3 is 10.5 Å². The Morgan fingerprint density at radius 3 is 2.57 bits per heavy atom. The molecule has 3 N–H and O–H groups in total. The van der Waals surface area contributed by atoms with Gasteiger partial charge >= 0.3 is 5.69 Å². The lowest BCUT2D eigenvalue weighted by atomic mass is 10.1. The molecule has 35 heavy (non-hydrogen) atoms. The largest absolute Gasteiger partial charge is 0.495 e. The van der Waals surface area contributed by atoms with Gasteiger partial charge in [0.15, 0.2) is 10.9 Å². The highest BCUT2D eigenvalue weighted by molar-refractivity contribution is 7.99. The van der Waals surface area contributed by atoms with E-state index in [-0.39, 0.29) is 23.2 Å². The minimum atomic E-state index is -0.770. The number of H-pyrrole nitrogens is 1. The van der Waals surface area contributed by atoms with Crippen LogP contribution in [0.25, 0.3) is 16.9 Å². The molecule has 10 heteroatoms. The number of anilines is 1. The van der Waals surface area contributed by atoms with Gasteiger partial charge in [-0.05, 0) is 25.0 Å². The molecule has 4 aromatic rings. The molecule has 9 nitrogen and oxygen atoms in total. The maximum atomic E-state index is 13.1. The topological polar surface area (TPSA) is 125 Å². The first-order chi connectivity index (χ1) is 17.0. The number of ketones is 1. The predicted molar refractivity (Wildman–Crippen MR) is 135 cm³/mol. The highest BCUT2D eigenvalue weighted by atomic mass is 32.2. The van der Waals surface area contributed by atoms with Crippen molar-refractivity contribution in [3.8, 4) is 22.7 Å². The van der Waals surface area contributed by atoms with E-state index in [0.29, 0.717) is 10.9 Å². The van der Waals surface area contributed by atoms with E-state index in [1.165, 1.54) is 16.3 Å². The molecule has 0 unspecified atom stereocenters. The summed E-state index contributed by atoms with van der Waals surface area (Å²) in [6.45, 7) is 0.